The molecule has 0 aromatic heterocycles. The largest absolute Gasteiger partial charge is 0.357 e. The van der Waals surface area contributed by atoms with Crippen molar-refractivity contribution < 1.29 is 4.79 Å². The number of hydrogen-bond donors (Lipinski definition) is 2. The van der Waals surface area contributed by atoms with Crippen LogP contribution in [0.25, 0.3) is 0 Å². The van der Waals surface area contributed by atoms with Crippen LogP contribution in [-0.4, -0.2) is 49.0 Å². The van der Waals surface area contributed by atoms with Gasteiger partial charge in [0.05, 0.1) is 0 Å². The van der Waals surface area contributed by atoms with Crippen LogP contribution in [-0.2, 0) is 11.2 Å². The Morgan fingerprint density at radius 2 is 2.04 bits per heavy atom. The Hall–Kier alpha value is -2.04. The summed E-state index contributed by atoms with van der Waals surface area (Å²) >= 11 is 0. The van der Waals surface area contributed by atoms with E-state index in [1.165, 1.54) is 18.4 Å². The summed E-state index contributed by atoms with van der Waals surface area (Å²) in [6.45, 7) is 7.36. The predicted octanol–water partition coefficient (Wildman–Crippen LogP) is 2.58. The Labute approximate surface area is 157 Å². The number of nitrogens with zero attached hydrogens (tertiary/aromatic N) is 2. The maximum Gasteiger partial charge on any atom is 0.222 e. The highest BCUT2D eigenvalue weighted by Crippen LogP contribution is 2.48. The maximum absolute atomic E-state index is 11.9. The van der Waals surface area contributed by atoms with E-state index in [-0.39, 0.29) is 5.91 Å². The van der Waals surface area contributed by atoms with Gasteiger partial charge < -0.3 is 15.5 Å². The van der Waals surface area contributed by atoms with Crippen molar-refractivity contribution in [1.29, 1.82) is 0 Å². The average Bonchev–Trinajstić information content (AvgIpc) is 3.26. The molecular formula is C21H32N4O. The van der Waals surface area contributed by atoms with Gasteiger partial charge >= 0.3 is 0 Å². The molecule has 0 spiro atoms. The van der Waals surface area contributed by atoms with Crippen molar-refractivity contribution >= 4 is 11.9 Å². The Bertz CT molecular complexity index is 624. The lowest BCUT2D eigenvalue weighted by Gasteiger charge is -2.20. The second kappa shape index (κ2) is 8.56. The van der Waals surface area contributed by atoms with E-state index < -0.39 is 0 Å². The quantitative estimate of drug-likeness (QED) is 0.583. The zero-order chi connectivity index (χ0) is 18.4. The fourth-order valence-electron chi connectivity index (χ4n) is 3.68. The topological polar surface area (TPSA) is 56.7 Å². The van der Waals surface area contributed by atoms with Gasteiger partial charge in [0, 0.05) is 38.6 Å². The van der Waals surface area contributed by atoms with Crippen LogP contribution in [0.4, 0.5) is 0 Å². The van der Waals surface area contributed by atoms with Crippen LogP contribution in [0.3, 0.4) is 0 Å². The second-order valence-corrected chi connectivity index (χ2v) is 7.68. The first kappa shape index (κ1) is 18.7. The zero-order valence-electron chi connectivity index (χ0n) is 16.1. The van der Waals surface area contributed by atoms with Crippen molar-refractivity contribution in [3.63, 3.8) is 0 Å². The molecule has 1 saturated heterocycles. The van der Waals surface area contributed by atoms with Crippen molar-refractivity contribution in [3.05, 3.63) is 35.9 Å². The van der Waals surface area contributed by atoms with E-state index in [9.17, 15) is 4.79 Å². The number of amides is 1. The molecule has 3 rings (SSSR count). The third-order valence-corrected chi connectivity index (χ3v) is 5.48. The molecule has 1 aliphatic heterocycles. The van der Waals surface area contributed by atoms with E-state index >= 15 is 0 Å². The van der Waals surface area contributed by atoms with Crippen LogP contribution in [0.15, 0.2) is 35.3 Å². The van der Waals surface area contributed by atoms with Crippen molar-refractivity contribution in [2.45, 2.75) is 52.0 Å². The number of rotatable bonds is 7. The molecule has 1 saturated carbocycles. The number of hydrogen-bond acceptors (Lipinski definition) is 2. The number of guanidine groups is 1. The van der Waals surface area contributed by atoms with Crippen LogP contribution < -0.4 is 10.6 Å². The lowest BCUT2D eigenvalue weighted by molar-refractivity contribution is -0.129. The summed E-state index contributed by atoms with van der Waals surface area (Å²) in [5.74, 6) is 1.14. The Morgan fingerprint density at radius 1 is 1.27 bits per heavy atom. The first-order valence-corrected chi connectivity index (χ1v) is 10.0. The van der Waals surface area contributed by atoms with E-state index in [1.54, 1.807) is 0 Å². The van der Waals surface area contributed by atoms with Crippen molar-refractivity contribution in [1.82, 2.24) is 15.5 Å². The number of aliphatic imine (C=N–C) groups is 1. The molecule has 1 aromatic rings. The van der Waals surface area contributed by atoms with E-state index in [2.05, 4.69) is 47.9 Å². The first-order valence-electron chi connectivity index (χ1n) is 10.0. The van der Waals surface area contributed by atoms with Crippen molar-refractivity contribution in [3.8, 4) is 0 Å². The van der Waals surface area contributed by atoms with Crippen molar-refractivity contribution in [2.75, 3.05) is 26.2 Å². The molecule has 1 heterocycles. The molecule has 1 atom stereocenters. The SMILES string of the molecule is CCNC(=NCC1(Cc2ccccc2)CC1)NC1CCN(C(=O)CC)C1. The van der Waals surface area contributed by atoms with Crippen molar-refractivity contribution in [2.24, 2.45) is 10.4 Å². The van der Waals surface area contributed by atoms with Gasteiger partial charge in [0.15, 0.2) is 5.96 Å². The normalized spacial score (nSPS) is 21.5. The Balaban J connectivity index is 1.55. The molecule has 5 nitrogen and oxygen atoms in total. The summed E-state index contributed by atoms with van der Waals surface area (Å²) in [4.78, 5) is 18.7. The number of carbonyl (C=O) groups excluding carboxylic acids is 1. The molecular weight excluding hydrogens is 324 g/mol. The molecule has 1 aliphatic carbocycles. The van der Waals surface area contributed by atoms with Gasteiger partial charge in [-0.3, -0.25) is 9.79 Å². The minimum Gasteiger partial charge on any atom is -0.357 e. The predicted molar refractivity (Wildman–Crippen MR) is 106 cm³/mol. The lowest BCUT2D eigenvalue weighted by atomic mass is 9.97. The molecule has 0 bridgehead atoms. The minimum atomic E-state index is 0.246. The van der Waals surface area contributed by atoms with Crippen LogP contribution in [0.2, 0.25) is 0 Å². The Morgan fingerprint density at radius 3 is 2.69 bits per heavy atom. The summed E-state index contributed by atoms with van der Waals surface area (Å²) in [5, 5.41) is 6.90. The van der Waals surface area contributed by atoms with Gasteiger partial charge in [-0.25, -0.2) is 0 Å². The van der Waals surface area contributed by atoms with Gasteiger partial charge in [-0.2, -0.15) is 0 Å². The lowest BCUT2D eigenvalue weighted by Crippen LogP contribution is -2.45. The summed E-state index contributed by atoms with van der Waals surface area (Å²) in [6.07, 6.45) is 5.20. The standard InChI is InChI=1S/C21H32N4O/c1-3-19(26)25-13-10-18(15-25)24-20(22-4-2)23-16-21(11-12-21)14-17-8-6-5-7-9-17/h5-9,18H,3-4,10-16H2,1-2H3,(H2,22,23,24). The molecule has 2 N–H and O–H groups in total. The highest BCUT2D eigenvalue weighted by atomic mass is 16.2. The van der Waals surface area contributed by atoms with Gasteiger partial charge in [0.2, 0.25) is 5.91 Å². The van der Waals surface area contributed by atoms with Gasteiger partial charge in [0.1, 0.15) is 0 Å². The molecule has 1 unspecified atom stereocenters. The van der Waals surface area contributed by atoms with E-state index in [0.29, 0.717) is 17.9 Å². The molecule has 142 valence electrons. The molecule has 5 heteroatoms. The van der Waals surface area contributed by atoms with E-state index in [4.69, 9.17) is 4.99 Å². The summed E-state index contributed by atoms with van der Waals surface area (Å²) in [7, 11) is 0. The second-order valence-electron chi connectivity index (χ2n) is 7.68. The third kappa shape index (κ3) is 4.99. The van der Waals surface area contributed by atoms with Gasteiger partial charge in [-0.05, 0) is 43.6 Å². The van der Waals surface area contributed by atoms with Gasteiger partial charge in [0.25, 0.3) is 0 Å². The molecule has 1 aromatic carbocycles. The number of nitrogens with one attached hydrogen (secondary N) is 2. The fourth-order valence-corrected chi connectivity index (χ4v) is 3.68. The molecule has 26 heavy (non-hydrogen) atoms. The summed E-state index contributed by atoms with van der Waals surface area (Å²) in [6, 6.07) is 11.0. The monoisotopic (exact) mass is 356 g/mol. The molecule has 0 radical (unpaired) electrons. The average molecular weight is 357 g/mol. The number of carbonyl (C=O) groups is 1. The molecule has 2 fully saturated rings. The summed E-state index contributed by atoms with van der Waals surface area (Å²) < 4.78 is 0. The highest BCUT2D eigenvalue weighted by molar-refractivity contribution is 5.80. The summed E-state index contributed by atoms with van der Waals surface area (Å²) in [5.41, 5.74) is 1.74. The van der Waals surface area contributed by atoms with Gasteiger partial charge in [-0.15, -0.1) is 0 Å². The van der Waals surface area contributed by atoms with Gasteiger partial charge in [-0.1, -0.05) is 37.3 Å². The Kier molecular flexibility index (Phi) is 6.17. The van der Waals surface area contributed by atoms with E-state index in [1.807, 2.05) is 11.8 Å². The number of benzene rings is 1. The highest BCUT2D eigenvalue weighted by Gasteiger charge is 2.42. The molecule has 2 aliphatic rings. The number of likely N-dealkylation sites (tertiary alicyclic amines) is 1. The third-order valence-electron chi connectivity index (χ3n) is 5.48. The van der Waals surface area contributed by atoms with Crippen LogP contribution in [0.5, 0.6) is 0 Å². The maximum atomic E-state index is 11.9. The first-order chi connectivity index (χ1) is 12.6. The smallest absolute Gasteiger partial charge is 0.222 e. The van der Waals surface area contributed by atoms with Crippen LogP contribution >= 0.6 is 0 Å². The molecule has 1 amide bonds. The van der Waals surface area contributed by atoms with E-state index in [0.717, 1.165) is 45.0 Å². The van der Waals surface area contributed by atoms with Crippen LogP contribution in [0.1, 0.15) is 45.1 Å². The minimum absolute atomic E-state index is 0.246. The zero-order valence-corrected chi connectivity index (χ0v) is 16.1. The van der Waals surface area contributed by atoms with Crippen LogP contribution in [0, 0.1) is 5.41 Å². The fraction of sp³-hybridized carbons (Fsp3) is 0.619.